The summed E-state index contributed by atoms with van der Waals surface area (Å²) in [4.78, 5) is 34.0. The van der Waals surface area contributed by atoms with Crippen LogP contribution >= 0.6 is 0 Å². The van der Waals surface area contributed by atoms with E-state index in [1.54, 1.807) is 0 Å². The summed E-state index contributed by atoms with van der Waals surface area (Å²) in [5.74, 6) is -1.73. The number of aliphatic hydroxyl groups excluding tert-OH is 2. The van der Waals surface area contributed by atoms with Crippen LogP contribution in [0, 0.1) is 5.92 Å². The van der Waals surface area contributed by atoms with Gasteiger partial charge in [-0.3, -0.25) is 9.59 Å². The van der Waals surface area contributed by atoms with Gasteiger partial charge in [-0.25, -0.2) is 4.79 Å². The van der Waals surface area contributed by atoms with Gasteiger partial charge in [0.15, 0.2) is 0 Å². The Balaban J connectivity index is 3.61. The van der Waals surface area contributed by atoms with Crippen LogP contribution in [0.2, 0.25) is 0 Å². The lowest BCUT2D eigenvalue weighted by Crippen LogP contribution is -2.47. The van der Waals surface area contributed by atoms with Gasteiger partial charge in [0.2, 0.25) is 11.8 Å². The molecule has 0 saturated heterocycles. The van der Waals surface area contributed by atoms with E-state index in [1.807, 2.05) is 0 Å². The van der Waals surface area contributed by atoms with Gasteiger partial charge in [0.25, 0.3) is 0 Å². The predicted octanol–water partition coefficient (Wildman–Crippen LogP) is 2.36. The summed E-state index contributed by atoms with van der Waals surface area (Å²) in [6, 6.07) is -1.40. The van der Waals surface area contributed by atoms with Gasteiger partial charge in [-0.2, -0.15) is 0 Å². The Morgan fingerprint density at radius 1 is 0.800 bits per heavy atom. The molecule has 1 unspecified atom stereocenters. The number of nitrogens with one attached hydrogen (secondary N) is 2. The number of hydrogen-bond donors (Lipinski definition) is 5. The average molecular weight is 431 g/mol. The molecule has 176 valence electrons. The highest BCUT2D eigenvalue weighted by Gasteiger charge is 2.19. The number of carbonyl (C=O) groups is 3. The van der Waals surface area contributed by atoms with Crippen LogP contribution in [0.25, 0.3) is 0 Å². The second-order valence-electron chi connectivity index (χ2n) is 8.43. The minimum atomic E-state index is -1.40. The first-order valence-corrected chi connectivity index (χ1v) is 11.3. The molecule has 30 heavy (non-hydrogen) atoms. The molecule has 0 fully saturated rings. The van der Waals surface area contributed by atoms with Crippen molar-refractivity contribution in [2.24, 2.45) is 5.92 Å². The van der Waals surface area contributed by atoms with E-state index in [-0.39, 0.29) is 6.42 Å². The summed E-state index contributed by atoms with van der Waals surface area (Å²) in [6.45, 7) is 3.40. The molecule has 0 radical (unpaired) electrons. The third-order valence-electron chi connectivity index (χ3n) is 5.00. The molecule has 0 aromatic carbocycles. The summed E-state index contributed by atoms with van der Waals surface area (Å²) in [7, 11) is 0. The lowest BCUT2D eigenvalue weighted by atomic mass is 10.0. The molecule has 5 N–H and O–H groups in total. The fourth-order valence-corrected chi connectivity index (χ4v) is 3.17. The molecule has 0 aromatic rings. The fourth-order valence-electron chi connectivity index (χ4n) is 3.17. The summed E-state index contributed by atoms with van der Waals surface area (Å²) in [5, 5.41) is 31.9. The highest BCUT2D eigenvalue weighted by atomic mass is 16.4. The van der Waals surface area contributed by atoms with Gasteiger partial charge in [0.05, 0.1) is 25.7 Å². The number of hydrogen-bond acceptors (Lipinski definition) is 5. The van der Waals surface area contributed by atoms with E-state index in [4.69, 9.17) is 10.2 Å². The van der Waals surface area contributed by atoms with Gasteiger partial charge in [-0.15, -0.1) is 0 Å². The van der Waals surface area contributed by atoms with Crippen molar-refractivity contribution in [2.75, 3.05) is 13.2 Å². The quantitative estimate of drug-likeness (QED) is 0.200. The van der Waals surface area contributed by atoms with Crippen LogP contribution in [0.5, 0.6) is 0 Å². The summed E-state index contributed by atoms with van der Waals surface area (Å²) in [5.41, 5.74) is 0. The van der Waals surface area contributed by atoms with E-state index < -0.39 is 43.1 Å². The normalized spacial score (nSPS) is 13.1. The van der Waals surface area contributed by atoms with Crippen LogP contribution in [0.15, 0.2) is 0 Å². The first kappa shape index (κ1) is 28.3. The third kappa shape index (κ3) is 17.2. The molecule has 0 aliphatic rings. The molecule has 0 rings (SSSR count). The van der Waals surface area contributed by atoms with Crippen molar-refractivity contribution in [3.8, 4) is 0 Å². The lowest BCUT2D eigenvalue weighted by molar-refractivity contribution is -0.142. The lowest BCUT2D eigenvalue weighted by Gasteiger charge is -2.13. The molecule has 2 atom stereocenters. The van der Waals surface area contributed by atoms with E-state index >= 15 is 0 Å². The second-order valence-corrected chi connectivity index (χ2v) is 8.43. The van der Waals surface area contributed by atoms with Crippen molar-refractivity contribution in [3.63, 3.8) is 0 Å². The SMILES string of the molecule is CC(C)CCCCCCCCCCCC(O)CC(=O)NCC(=O)N[C@@H](CO)C(=O)O. The Morgan fingerprint density at radius 3 is 1.77 bits per heavy atom. The smallest absolute Gasteiger partial charge is 0.328 e. The average Bonchev–Trinajstić information content (AvgIpc) is 2.68. The zero-order valence-corrected chi connectivity index (χ0v) is 18.7. The van der Waals surface area contributed by atoms with Gasteiger partial charge >= 0.3 is 5.97 Å². The number of aliphatic carboxylic acids is 1. The summed E-state index contributed by atoms with van der Waals surface area (Å²) in [6.07, 6.45) is 11.8. The van der Waals surface area contributed by atoms with Gasteiger partial charge in [-0.1, -0.05) is 78.1 Å². The molecule has 8 heteroatoms. The fraction of sp³-hybridized carbons (Fsp3) is 0.864. The highest BCUT2D eigenvalue weighted by molar-refractivity contribution is 5.87. The maximum absolute atomic E-state index is 11.7. The maximum atomic E-state index is 11.7. The van der Waals surface area contributed by atoms with Gasteiger partial charge in [0, 0.05) is 0 Å². The van der Waals surface area contributed by atoms with Gasteiger partial charge < -0.3 is 26.0 Å². The molecule has 0 heterocycles. The van der Waals surface area contributed by atoms with Crippen LogP contribution in [0.1, 0.15) is 90.9 Å². The molecule has 0 bridgehead atoms. The van der Waals surface area contributed by atoms with Crippen LogP contribution in [0.4, 0.5) is 0 Å². The number of carbonyl (C=O) groups excluding carboxylic acids is 2. The number of amides is 2. The maximum Gasteiger partial charge on any atom is 0.328 e. The third-order valence-corrected chi connectivity index (χ3v) is 5.00. The molecule has 0 aliphatic carbocycles. The van der Waals surface area contributed by atoms with E-state index in [1.165, 1.54) is 44.9 Å². The second kappa shape index (κ2) is 18.1. The van der Waals surface area contributed by atoms with Crippen LogP contribution < -0.4 is 10.6 Å². The molecule has 0 spiro atoms. The minimum Gasteiger partial charge on any atom is -0.480 e. The summed E-state index contributed by atoms with van der Waals surface area (Å²) < 4.78 is 0. The predicted molar refractivity (Wildman–Crippen MR) is 116 cm³/mol. The monoisotopic (exact) mass is 430 g/mol. The first-order chi connectivity index (χ1) is 14.3. The molecule has 0 aliphatic heterocycles. The van der Waals surface area contributed by atoms with E-state index in [0.29, 0.717) is 6.42 Å². The molecule has 2 amide bonds. The first-order valence-electron chi connectivity index (χ1n) is 11.3. The van der Waals surface area contributed by atoms with Crippen molar-refractivity contribution in [1.29, 1.82) is 0 Å². The van der Waals surface area contributed by atoms with E-state index in [2.05, 4.69) is 24.5 Å². The van der Waals surface area contributed by atoms with Crippen LogP contribution in [-0.4, -0.2) is 58.4 Å². The van der Waals surface area contributed by atoms with E-state index in [9.17, 15) is 19.5 Å². The highest BCUT2D eigenvalue weighted by Crippen LogP contribution is 2.14. The topological polar surface area (TPSA) is 136 Å². The van der Waals surface area contributed by atoms with Gasteiger partial charge in [0.1, 0.15) is 6.04 Å². The van der Waals surface area contributed by atoms with Crippen molar-refractivity contribution >= 4 is 17.8 Å². The van der Waals surface area contributed by atoms with E-state index in [0.717, 1.165) is 25.2 Å². The van der Waals surface area contributed by atoms with Crippen LogP contribution in [-0.2, 0) is 14.4 Å². The zero-order chi connectivity index (χ0) is 22.8. The molecular formula is C22H42N2O6. The Bertz CT molecular complexity index is 484. The number of unbranched alkanes of at least 4 members (excludes halogenated alkanes) is 8. The van der Waals surface area contributed by atoms with Crippen molar-refractivity contribution in [2.45, 2.75) is 103 Å². The number of aliphatic hydroxyl groups is 2. The van der Waals surface area contributed by atoms with Crippen molar-refractivity contribution in [1.82, 2.24) is 10.6 Å². The number of carboxylic acids is 1. The Morgan fingerprint density at radius 2 is 1.30 bits per heavy atom. The largest absolute Gasteiger partial charge is 0.480 e. The number of rotatable bonds is 19. The Kier molecular flexibility index (Phi) is 17.1. The molecular weight excluding hydrogens is 388 g/mol. The molecule has 8 nitrogen and oxygen atoms in total. The van der Waals surface area contributed by atoms with Crippen LogP contribution in [0.3, 0.4) is 0 Å². The zero-order valence-electron chi connectivity index (χ0n) is 18.7. The minimum absolute atomic E-state index is 0.0913. The van der Waals surface area contributed by atoms with Gasteiger partial charge in [-0.05, 0) is 12.3 Å². The molecule has 0 saturated carbocycles. The summed E-state index contributed by atoms with van der Waals surface area (Å²) >= 11 is 0. The number of carboxylic acid groups (broad SMARTS) is 1. The standard InChI is InChI=1S/C22H42N2O6/c1-17(2)12-10-8-6-4-3-5-7-9-11-13-18(26)14-20(27)23-15-21(28)24-19(16-25)22(29)30/h17-19,25-26H,3-16H2,1-2H3,(H,23,27)(H,24,28)(H,29,30)/t18?,19-/m0/s1. The molecule has 0 aromatic heterocycles. The Labute approximate surface area is 180 Å². The van der Waals surface area contributed by atoms with Crippen molar-refractivity contribution < 1.29 is 29.7 Å². The Hall–Kier alpha value is -1.67. The van der Waals surface area contributed by atoms with Crippen molar-refractivity contribution in [3.05, 3.63) is 0 Å².